The number of hydrogen-bond donors (Lipinski definition) is 1. The molecule has 0 bridgehead atoms. The minimum absolute atomic E-state index is 0.0527. The average molecular weight is 507 g/mol. The number of aromatic nitrogens is 1. The topological polar surface area (TPSA) is 86.8 Å². The van der Waals surface area contributed by atoms with E-state index in [2.05, 4.69) is 34.8 Å². The van der Waals surface area contributed by atoms with Gasteiger partial charge in [0, 0.05) is 24.3 Å². The number of carbonyl (C=O) groups is 2. The average Bonchev–Trinajstić information content (AvgIpc) is 3.26. The Balaban J connectivity index is 2.79. The van der Waals surface area contributed by atoms with Crippen LogP contribution in [0.4, 0.5) is 13.2 Å². The summed E-state index contributed by atoms with van der Waals surface area (Å²) in [6, 6.07) is 0.0637. The summed E-state index contributed by atoms with van der Waals surface area (Å²) in [4.78, 5) is 27.2. The molecule has 34 heavy (non-hydrogen) atoms. The van der Waals surface area contributed by atoms with E-state index in [-0.39, 0.29) is 37.3 Å². The molecule has 0 saturated heterocycles. The molecule has 1 aromatic rings. The van der Waals surface area contributed by atoms with Gasteiger partial charge in [-0.2, -0.15) is 13.2 Å². The summed E-state index contributed by atoms with van der Waals surface area (Å²) in [5.74, 6) is 0.118. The molecule has 0 aliphatic carbocycles. The molecule has 1 rings (SSSR count). The van der Waals surface area contributed by atoms with Crippen LogP contribution in [-0.4, -0.2) is 55.5 Å². The summed E-state index contributed by atoms with van der Waals surface area (Å²) < 4.78 is 51.9. The summed E-state index contributed by atoms with van der Waals surface area (Å²) >= 11 is 1.25. The van der Waals surface area contributed by atoms with Gasteiger partial charge in [0.2, 0.25) is 0 Å². The van der Waals surface area contributed by atoms with E-state index in [1.807, 2.05) is 0 Å². The number of nitrogens with one attached hydrogen (secondary N) is 1. The second-order valence-corrected chi connectivity index (χ2v) is 8.73. The fourth-order valence-corrected chi connectivity index (χ4v) is 3.82. The SMILES string of the molecule is C#CCCCCN[C@H](C[C@@H](OCCCOC(=O)C(F)(F)F)c1nc(C(=O)OCC)cs1)C(C)C. The zero-order valence-electron chi connectivity index (χ0n) is 19.8. The number of terminal acetylenes is 1. The number of ether oxygens (including phenoxy) is 3. The van der Waals surface area contributed by atoms with Crippen molar-refractivity contribution in [3.05, 3.63) is 16.1 Å². The van der Waals surface area contributed by atoms with Gasteiger partial charge in [0.05, 0.1) is 19.8 Å². The van der Waals surface area contributed by atoms with Crippen LogP contribution in [0.5, 0.6) is 0 Å². The lowest BCUT2D eigenvalue weighted by molar-refractivity contribution is -0.200. The van der Waals surface area contributed by atoms with Crippen molar-refractivity contribution in [3.63, 3.8) is 0 Å². The number of unbranched alkanes of at least 4 members (excludes halogenated alkanes) is 2. The number of thiazole rings is 1. The molecule has 0 fully saturated rings. The van der Waals surface area contributed by atoms with Gasteiger partial charge in [-0.05, 0) is 38.6 Å². The van der Waals surface area contributed by atoms with E-state index in [1.165, 1.54) is 11.3 Å². The van der Waals surface area contributed by atoms with E-state index >= 15 is 0 Å². The number of esters is 2. The van der Waals surface area contributed by atoms with Gasteiger partial charge in [-0.3, -0.25) is 0 Å². The minimum Gasteiger partial charge on any atom is -0.461 e. The lowest BCUT2D eigenvalue weighted by atomic mass is 9.97. The summed E-state index contributed by atoms with van der Waals surface area (Å²) in [6.07, 6.45) is 2.94. The zero-order valence-corrected chi connectivity index (χ0v) is 20.6. The quantitative estimate of drug-likeness (QED) is 0.198. The fourth-order valence-electron chi connectivity index (χ4n) is 2.97. The number of nitrogens with zero attached hydrogens (tertiary/aromatic N) is 1. The van der Waals surface area contributed by atoms with E-state index < -0.39 is 30.8 Å². The first-order valence-corrected chi connectivity index (χ1v) is 12.1. The summed E-state index contributed by atoms with van der Waals surface area (Å²) in [6.45, 7) is 6.47. The first-order chi connectivity index (χ1) is 16.1. The molecule has 2 atom stereocenters. The van der Waals surface area contributed by atoms with Crippen LogP contribution in [-0.2, 0) is 19.0 Å². The van der Waals surface area contributed by atoms with Crippen molar-refractivity contribution < 1.29 is 37.0 Å². The highest BCUT2D eigenvalue weighted by atomic mass is 32.1. The minimum atomic E-state index is -5.02. The molecule has 192 valence electrons. The summed E-state index contributed by atoms with van der Waals surface area (Å²) in [5.41, 5.74) is 0.179. The number of rotatable bonds is 16. The van der Waals surface area contributed by atoms with Gasteiger partial charge in [0.15, 0.2) is 5.69 Å². The van der Waals surface area contributed by atoms with Gasteiger partial charge in [0.1, 0.15) is 11.1 Å². The van der Waals surface area contributed by atoms with E-state index in [0.717, 1.165) is 19.4 Å². The van der Waals surface area contributed by atoms with Crippen molar-refractivity contribution in [2.24, 2.45) is 5.92 Å². The van der Waals surface area contributed by atoms with Crippen LogP contribution in [0.25, 0.3) is 0 Å². The number of halogens is 3. The molecule has 7 nitrogen and oxygen atoms in total. The van der Waals surface area contributed by atoms with Crippen molar-refractivity contribution in [3.8, 4) is 12.3 Å². The van der Waals surface area contributed by atoms with E-state index in [9.17, 15) is 22.8 Å². The summed E-state index contributed by atoms with van der Waals surface area (Å²) in [5, 5.41) is 5.66. The van der Waals surface area contributed by atoms with Crippen LogP contribution >= 0.6 is 11.3 Å². The van der Waals surface area contributed by atoms with Crippen molar-refractivity contribution in [2.75, 3.05) is 26.4 Å². The Bertz CT molecular complexity index is 792. The van der Waals surface area contributed by atoms with Crippen LogP contribution in [0.3, 0.4) is 0 Å². The highest BCUT2D eigenvalue weighted by Crippen LogP contribution is 2.29. The third-order valence-electron chi connectivity index (χ3n) is 4.78. The van der Waals surface area contributed by atoms with E-state index in [0.29, 0.717) is 17.8 Å². The monoisotopic (exact) mass is 506 g/mol. The second kappa shape index (κ2) is 15.7. The van der Waals surface area contributed by atoms with E-state index in [4.69, 9.17) is 15.9 Å². The number of carbonyl (C=O) groups excluding carboxylic acids is 2. The van der Waals surface area contributed by atoms with Crippen molar-refractivity contribution >= 4 is 23.3 Å². The molecule has 0 aliphatic rings. The molecule has 0 aromatic carbocycles. The molecule has 1 aromatic heterocycles. The smallest absolute Gasteiger partial charge is 0.461 e. The molecule has 1 N–H and O–H groups in total. The largest absolute Gasteiger partial charge is 0.490 e. The highest BCUT2D eigenvalue weighted by Gasteiger charge is 2.40. The Hall–Kier alpha value is -2.16. The fraction of sp³-hybridized carbons (Fsp3) is 0.696. The molecular formula is C23H33F3N2O5S. The predicted molar refractivity (Wildman–Crippen MR) is 122 cm³/mol. The molecule has 0 spiro atoms. The van der Waals surface area contributed by atoms with Gasteiger partial charge in [-0.15, -0.1) is 23.7 Å². The second-order valence-electron chi connectivity index (χ2n) is 7.84. The number of alkyl halides is 3. The lowest BCUT2D eigenvalue weighted by Crippen LogP contribution is -2.36. The molecule has 0 saturated carbocycles. The zero-order chi connectivity index (χ0) is 25.6. The Morgan fingerprint density at radius 2 is 1.94 bits per heavy atom. The summed E-state index contributed by atoms with van der Waals surface area (Å²) in [7, 11) is 0. The predicted octanol–water partition coefficient (Wildman–Crippen LogP) is 4.68. The van der Waals surface area contributed by atoms with Crippen molar-refractivity contribution in [1.29, 1.82) is 0 Å². The third-order valence-corrected chi connectivity index (χ3v) is 5.72. The first-order valence-electron chi connectivity index (χ1n) is 11.2. The van der Waals surface area contributed by atoms with Gasteiger partial charge in [-0.1, -0.05) is 13.8 Å². The first kappa shape index (κ1) is 29.9. The Kier molecular flexibility index (Phi) is 13.8. The lowest BCUT2D eigenvalue weighted by Gasteiger charge is -2.27. The molecule has 1 heterocycles. The van der Waals surface area contributed by atoms with Gasteiger partial charge in [0.25, 0.3) is 0 Å². The molecule has 0 amide bonds. The maximum Gasteiger partial charge on any atom is 0.490 e. The molecule has 0 unspecified atom stereocenters. The van der Waals surface area contributed by atoms with Crippen molar-refractivity contribution in [1.82, 2.24) is 10.3 Å². The van der Waals surface area contributed by atoms with Gasteiger partial charge < -0.3 is 19.5 Å². The van der Waals surface area contributed by atoms with Crippen LogP contribution in [0.2, 0.25) is 0 Å². The van der Waals surface area contributed by atoms with Gasteiger partial charge >= 0.3 is 18.1 Å². The highest BCUT2D eigenvalue weighted by molar-refractivity contribution is 7.09. The molecule has 0 radical (unpaired) electrons. The van der Waals surface area contributed by atoms with Crippen LogP contribution in [0.1, 0.15) is 74.5 Å². The van der Waals surface area contributed by atoms with E-state index in [1.54, 1.807) is 12.3 Å². The maximum absolute atomic E-state index is 12.3. The Morgan fingerprint density at radius 3 is 2.56 bits per heavy atom. The third kappa shape index (κ3) is 11.3. The van der Waals surface area contributed by atoms with Crippen molar-refractivity contribution in [2.45, 2.75) is 71.2 Å². The molecular weight excluding hydrogens is 473 g/mol. The van der Waals surface area contributed by atoms with Crippen LogP contribution < -0.4 is 5.32 Å². The number of hydrogen-bond acceptors (Lipinski definition) is 8. The molecule has 0 aliphatic heterocycles. The normalized spacial score (nSPS) is 13.4. The maximum atomic E-state index is 12.3. The Morgan fingerprint density at radius 1 is 1.21 bits per heavy atom. The standard InChI is InChI=1S/C23H33F3N2O5S/c1-5-7-8-9-11-27-17(16(3)4)14-19(20-28-18(15-34-20)21(29)31-6-2)32-12-10-13-33-22(30)23(24,25)26/h1,15-17,19,27H,6-14H2,2-4H3/t17-,19-/m1/s1. The molecule has 11 heteroatoms. The van der Waals surface area contributed by atoms with Gasteiger partial charge in [-0.25, -0.2) is 14.6 Å². The van der Waals surface area contributed by atoms with Crippen LogP contribution in [0.15, 0.2) is 5.38 Å². The Labute approximate surface area is 202 Å². The van der Waals surface area contributed by atoms with Crippen LogP contribution in [0, 0.1) is 18.3 Å².